The fraction of sp³-hybridized carbons (Fsp3) is 0.846. The number of piperazine rings is 1. The summed E-state index contributed by atoms with van der Waals surface area (Å²) in [6.45, 7) is 4.82. The molecule has 0 bridgehead atoms. The van der Waals surface area contributed by atoms with Crippen LogP contribution in [0, 0.1) is 22.7 Å². The molecule has 1 heterocycles. The van der Waals surface area contributed by atoms with Crippen LogP contribution in [0.25, 0.3) is 0 Å². The molecular formula is C13H19N3O. The number of carbonyl (C=O) groups excluding carboxylic acids is 1. The highest BCUT2D eigenvalue weighted by atomic mass is 16.2. The lowest BCUT2D eigenvalue weighted by molar-refractivity contribution is -0.136. The van der Waals surface area contributed by atoms with Gasteiger partial charge in [0, 0.05) is 32.7 Å². The van der Waals surface area contributed by atoms with Gasteiger partial charge in [0.15, 0.2) is 0 Å². The van der Waals surface area contributed by atoms with Gasteiger partial charge in [0.1, 0.15) is 5.41 Å². The van der Waals surface area contributed by atoms with Crippen LogP contribution in [0.15, 0.2) is 0 Å². The molecule has 0 aromatic carbocycles. The third-order valence-corrected chi connectivity index (χ3v) is 4.25. The number of nitrogens with zero attached hydrogens (tertiary/aromatic N) is 3. The zero-order valence-electron chi connectivity index (χ0n) is 10.2. The van der Waals surface area contributed by atoms with E-state index in [9.17, 15) is 4.79 Å². The first kappa shape index (κ1) is 11.0. The normalized spacial score (nSPS) is 27.6. The van der Waals surface area contributed by atoms with E-state index in [1.807, 2.05) is 4.90 Å². The van der Waals surface area contributed by atoms with Crippen molar-refractivity contribution in [1.82, 2.24) is 9.80 Å². The van der Waals surface area contributed by atoms with Gasteiger partial charge in [-0.2, -0.15) is 5.26 Å². The molecule has 1 saturated heterocycles. The summed E-state index contributed by atoms with van der Waals surface area (Å²) in [5, 5.41) is 9.03. The molecule has 2 aliphatic carbocycles. The first-order valence-corrected chi connectivity index (χ1v) is 6.66. The lowest BCUT2D eigenvalue weighted by Crippen LogP contribution is -2.51. The first-order valence-electron chi connectivity index (χ1n) is 6.66. The Morgan fingerprint density at radius 3 is 2.35 bits per heavy atom. The zero-order valence-corrected chi connectivity index (χ0v) is 10.2. The van der Waals surface area contributed by atoms with Gasteiger partial charge in [-0.25, -0.2) is 0 Å². The van der Waals surface area contributed by atoms with Crippen molar-refractivity contribution in [3.8, 4) is 6.07 Å². The van der Waals surface area contributed by atoms with Crippen LogP contribution in [0.4, 0.5) is 0 Å². The number of hydrogen-bond acceptors (Lipinski definition) is 3. The highest BCUT2D eigenvalue weighted by molar-refractivity contribution is 5.88. The van der Waals surface area contributed by atoms with E-state index in [-0.39, 0.29) is 5.91 Å². The van der Waals surface area contributed by atoms with Gasteiger partial charge in [0.05, 0.1) is 6.07 Å². The predicted molar refractivity (Wildman–Crippen MR) is 63.0 cm³/mol. The summed E-state index contributed by atoms with van der Waals surface area (Å²) in [7, 11) is 0. The smallest absolute Gasteiger partial charge is 0.243 e. The maximum Gasteiger partial charge on any atom is 0.243 e. The Morgan fingerprint density at radius 2 is 1.88 bits per heavy atom. The topological polar surface area (TPSA) is 47.3 Å². The van der Waals surface area contributed by atoms with Crippen molar-refractivity contribution in [2.45, 2.75) is 25.7 Å². The number of hydrogen-bond donors (Lipinski definition) is 0. The van der Waals surface area contributed by atoms with Gasteiger partial charge in [-0.3, -0.25) is 9.69 Å². The SMILES string of the molecule is N#CC1(C(=O)N2CCN(CC3CC3)CC2)CC1. The Hall–Kier alpha value is -1.08. The number of amides is 1. The molecule has 0 radical (unpaired) electrons. The second kappa shape index (κ2) is 3.99. The minimum atomic E-state index is -0.626. The Morgan fingerprint density at radius 1 is 1.24 bits per heavy atom. The van der Waals surface area contributed by atoms with Crippen LogP contribution in [-0.4, -0.2) is 48.4 Å². The van der Waals surface area contributed by atoms with Crippen molar-refractivity contribution < 1.29 is 4.79 Å². The van der Waals surface area contributed by atoms with E-state index in [1.165, 1.54) is 19.4 Å². The highest BCUT2D eigenvalue weighted by Crippen LogP contribution is 2.46. The van der Waals surface area contributed by atoms with Gasteiger partial charge in [-0.1, -0.05) is 0 Å². The van der Waals surface area contributed by atoms with Crippen LogP contribution < -0.4 is 0 Å². The van der Waals surface area contributed by atoms with Crippen molar-refractivity contribution in [2.75, 3.05) is 32.7 Å². The highest BCUT2D eigenvalue weighted by Gasteiger charge is 2.52. The summed E-state index contributed by atoms with van der Waals surface area (Å²) < 4.78 is 0. The van der Waals surface area contributed by atoms with Gasteiger partial charge in [0.2, 0.25) is 5.91 Å². The molecule has 0 spiro atoms. The molecule has 0 atom stereocenters. The van der Waals surface area contributed by atoms with Crippen LogP contribution in [0.2, 0.25) is 0 Å². The minimum absolute atomic E-state index is 0.0890. The van der Waals surface area contributed by atoms with Crippen LogP contribution in [0.3, 0.4) is 0 Å². The van der Waals surface area contributed by atoms with Crippen molar-refractivity contribution in [1.29, 1.82) is 5.26 Å². The van der Waals surface area contributed by atoms with E-state index >= 15 is 0 Å². The second-order valence-electron chi connectivity index (χ2n) is 5.73. The lowest BCUT2D eigenvalue weighted by Gasteiger charge is -2.35. The van der Waals surface area contributed by atoms with Crippen LogP contribution >= 0.6 is 0 Å². The van der Waals surface area contributed by atoms with Crippen LogP contribution in [0.1, 0.15) is 25.7 Å². The number of rotatable bonds is 3. The molecule has 1 amide bonds. The lowest BCUT2D eigenvalue weighted by atomic mass is 10.1. The first-order chi connectivity index (χ1) is 8.23. The van der Waals surface area contributed by atoms with Crippen LogP contribution in [-0.2, 0) is 4.79 Å². The fourth-order valence-electron chi connectivity index (χ4n) is 2.60. The van der Waals surface area contributed by atoms with E-state index in [2.05, 4.69) is 11.0 Å². The van der Waals surface area contributed by atoms with E-state index in [0.29, 0.717) is 0 Å². The third kappa shape index (κ3) is 2.16. The molecule has 2 saturated carbocycles. The molecule has 4 nitrogen and oxygen atoms in total. The molecular weight excluding hydrogens is 214 g/mol. The summed E-state index contributed by atoms with van der Waals surface area (Å²) >= 11 is 0. The summed E-state index contributed by atoms with van der Waals surface area (Å²) in [6, 6.07) is 2.20. The van der Waals surface area contributed by atoms with Gasteiger partial charge >= 0.3 is 0 Å². The van der Waals surface area contributed by atoms with Crippen molar-refractivity contribution in [3.05, 3.63) is 0 Å². The van der Waals surface area contributed by atoms with E-state index in [0.717, 1.165) is 44.9 Å². The van der Waals surface area contributed by atoms with Gasteiger partial charge in [0.25, 0.3) is 0 Å². The molecule has 3 aliphatic rings. The van der Waals surface area contributed by atoms with Crippen molar-refractivity contribution in [3.63, 3.8) is 0 Å². The zero-order chi connectivity index (χ0) is 11.9. The molecule has 17 heavy (non-hydrogen) atoms. The van der Waals surface area contributed by atoms with Crippen molar-refractivity contribution >= 4 is 5.91 Å². The van der Waals surface area contributed by atoms with Crippen molar-refractivity contribution in [2.24, 2.45) is 11.3 Å². The van der Waals surface area contributed by atoms with Gasteiger partial charge < -0.3 is 4.90 Å². The average molecular weight is 233 g/mol. The average Bonchev–Trinajstić information content (AvgIpc) is 3.24. The van der Waals surface area contributed by atoms with E-state index in [4.69, 9.17) is 5.26 Å². The van der Waals surface area contributed by atoms with Gasteiger partial charge in [-0.05, 0) is 31.6 Å². The molecule has 92 valence electrons. The minimum Gasteiger partial charge on any atom is -0.339 e. The van der Waals surface area contributed by atoms with Crippen LogP contribution in [0.5, 0.6) is 0 Å². The Bertz CT molecular complexity index is 357. The molecule has 4 heteroatoms. The Labute approximate surface area is 102 Å². The predicted octanol–water partition coefficient (Wildman–Crippen LogP) is 0.844. The summed E-state index contributed by atoms with van der Waals surface area (Å²) in [6.07, 6.45) is 4.31. The number of carbonyl (C=O) groups is 1. The van der Waals surface area contributed by atoms with E-state index in [1.54, 1.807) is 0 Å². The molecule has 3 fully saturated rings. The molecule has 0 unspecified atom stereocenters. The largest absolute Gasteiger partial charge is 0.339 e. The molecule has 3 rings (SSSR count). The second-order valence-corrected chi connectivity index (χ2v) is 5.73. The third-order valence-electron chi connectivity index (χ3n) is 4.25. The summed E-state index contributed by atoms with van der Waals surface area (Å²) in [5.41, 5.74) is -0.626. The standard InChI is InChI=1S/C13H19N3O/c14-10-13(3-4-13)12(17)16-7-5-15(6-8-16)9-11-1-2-11/h11H,1-9H2. The van der Waals surface area contributed by atoms with Gasteiger partial charge in [-0.15, -0.1) is 0 Å². The molecule has 0 aromatic rings. The molecule has 0 N–H and O–H groups in total. The summed E-state index contributed by atoms with van der Waals surface area (Å²) in [5.74, 6) is 1.01. The monoisotopic (exact) mass is 233 g/mol. The maximum absolute atomic E-state index is 12.1. The van der Waals surface area contributed by atoms with E-state index < -0.39 is 5.41 Å². The molecule has 1 aliphatic heterocycles. The molecule has 0 aromatic heterocycles. The fourth-order valence-corrected chi connectivity index (χ4v) is 2.60. The Balaban J connectivity index is 1.51. The Kier molecular flexibility index (Phi) is 2.59. The summed E-state index contributed by atoms with van der Waals surface area (Å²) in [4.78, 5) is 16.5. The quantitative estimate of drug-likeness (QED) is 0.726. The maximum atomic E-state index is 12.1. The number of nitriles is 1.